The molecule has 1 aromatic carbocycles. The zero-order valence-corrected chi connectivity index (χ0v) is 10.3. The van der Waals surface area contributed by atoms with Crippen molar-refractivity contribution < 1.29 is 0 Å². The Morgan fingerprint density at radius 3 is 1.85 bits per heavy atom. The van der Waals surface area contributed by atoms with Crippen LogP contribution in [-0.4, -0.2) is 9.65 Å². The highest BCUT2D eigenvalue weighted by molar-refractivity contribution is 9.12. The third-order valence-electron chi connectivity index (χ3n) is 3.38. The van der Waals surface area contributed by atoms with Crippen molar-refractivity contribution in [3.05, 3.63) is 35.4 Å². The first-order valence-corrected chi connectivity index (χ1v) is 6.49. The SMILES string of the molecule is Br[C@@H]1[C@H](Br)[C@@H]2C[C@@H]1c1ccccc12. The quantitative estimate of drug-likeness (QED) is 0.640. The van der Waals surface area contributed by atoms with Gasteiger partial charge in [-0.05, 0) is 29.4 Å². The summed E-state index contributed by atoms with van der Waals surface area (Å²) in [7, 11) is 0. The maximum atomic E-state index is 3.78. The maximum Gasteiger partial charge on any atom is 0.0345 e. The van der Waals surface area contributed by atoms with Crippen LogP contribution in [0.15, 0.2) is 24.3 Å². The minimum Gasteiger partial charge on any atom is -0.0872 e. The van der Waals surface area contributed by atoms with Crippen molar-refractivity contribution in [1.82, 2.24) is 0 Å². The second kappa shape index (κ2) is 2.83. The highest BCUT2D eigenvalue weighted by atomic mass is 79.9. The van der Waals surface area contributed by atoms with Gasteiger partial charge in [0, 0.05) is 9.65 Å². The van der Waals surface area contributed by atoms with E-state index in [4.69, 9.17) is 0 Å². The molecule has 0 heterocycles. The molecule has 0 aromatic heterocycles. The van der Waals surface area contributed by atoms with Gasteiger partial charge in [-0.25, -0.2) is 0 Å². The number of rotatable bonds is 0. The first kappa shape index (κ1) is 8.49. The van der Waals surface area contributed by atoms with Gasteiger partial charge in [-0.3, -0.25) is 0 Å². The predicted octanol–water partition coefficient (Wildman–Crippen LogP) is 3.80. The van der Waals surface area contributed by atoms with Gasteiger partial charge in [-0.2, -0.15) is 0 Å². The first-order chi connectivity index (χ1) is 6.29. The van der Waals surface area contributed by atoms with Gasteiger partial charge in [0.15, 0.2) is 0 Å². The smallest absolute Gasteiger partial charge is 0.0345 e. The number of fused-ring (bicyclic) bond motifs is 5. The Labute approximate surface area is 95.0 Å². The average molecular weight is 302 g/mol. The molecule has 1 fully saturated rings. The van der Waals surface area contributed by atoms with Gasteiger partial charge in [-0.1, -0.05) is 56.1 Å². The van der Waals surface area contributed by atoms with E-state index in [1.807, 2.05) is 0 Å². The van der Waals surface area contributed by atoms with Crippen LogP contribution in [0.5, 0.6) is 0 Å². The summed E-state index contributed by atoms with van der Waals surface area (Å²) >= 11 is 7.57. The van der Waals surface area contributed by atoms with Gasteiger partial charge in [-0.15, -0.1) is 0 Å². The van der Waals surface area contributed by atoms with Crippen molar-refractivity contribution in [2.75, 3.05) is 0 Å². The molecule has 2 aliphatic rings. The zero-order valence-electron chi connectivity index (χ0n) is 7.08. The monoisotopic (exact) mass is 300 g/mol. The summed E-state index contributed by atoms with van der Waals surface area (Å²) in [6.07, 6.45) is 1.32. The largest absolute Gasteiger partial charge is 0.0872 e. The Morgan fingerprint density at radius 1 is 0.923 bits per heavy atom. The van der Waals surface area contributed by atoms with E-state index < -0.39 is 0 Å². The van der Waals surface area contributed by atoms with Crippen LogP contribution in [-0.2, 0) is 0 Å². The molecular weight excluding hydrogens is 292 g/mol. The minimum atomic E-state index is 0.632. The molecule has 0 saturated heterocycles. The number of hydrogen-bond donors (Lipinski definition) is 0. The third kappa shape index (κ3) is 1.02. The lowest BCUT2D eigenvalue weighted by molar-refractivity contribution is 0.771. The van der Waals surface area contributed by atoms with Crippen LogP contribution < -0.4 is 0 Å². The summed E-state index contributed by atoms with van der Waals surface area (Å²) in [5.41, 5.74) is 3.15. The average Bonchev–Trinajstić information content (AvgIpc) is 2.66. The molecule has 2 bridgehead atoms. The lowest BCUT2D eigenvalue weighted by Crippen LogP contribution is -2.21. The number of benzene rings is 1. The molecule has 0 radical (unpaired) electrons. The lowest BCUT2D eigenvalue weighted by Gasteiger charge is -2.24. The highest BCUT2D eigenvalue weighted by Crippen LogP contribution is 2.57. The summed E-state index contributed by atoms with van der Waals surface area (Å²) in [4.78, 5) is 1.26. The zero-order chi connectivity index (χ0) is 9.00. The summed E-state index contributed by atoms with van der Waals surface area (Å²) < 4.78 is 0. The number of hydrogen-bond acceptors (Lipinski definition) is 0. The molecule has 2 heteroatoms. The summed E-state index contributed by atoms with van der Waals surface area (Å²) in [6.45, 7) is 0. The van der Waals surface area contributed by atoms with Crippen molar-refractivity contribution in [3.63, 3.8) is 0 Å². The molecule has 0 amide bonds. The van der Waals surface area contributed by atoms with E-state index >= 15 is 0 Å². The van der Waals surface area contributed by atoms with E-state index in [-0.39, 0.29) is 0 Å². The lowest BCUT2D eigenvalue weighted by atomic mass is 9.92. The van der Waals surface area contributed by atoms with Gasteiger partial charge < -0.3 is 0 Å². The van der Waals surface area contributed by atoms with Crippen molar-refractivity contribution in [3.8, 4) is 0 Å². The Kier molecular flexibility index (Phi) is 1.85. The van der Waals surface area contributed by atoms with E-state index in [9.17, 15) is 0 Å². The molecule has 3 rings (SSSR count). The third-order valence-corrected chi connectivity index (χ3v) is 6.50. The van der Waals surface area contributed by atoms with Gasteiger partial charge >= 0.3 is 0 Å². The van der Waals surface area contributed by atoms with Crippen LogP contribution in [0.2, 0.25) is 0 Å². The van der Waals surface area contributed by atoms with E-state index in [0.29, 0.717) is 9.65 Å². The Balaban J connectivity index is 2.16. The van der Waals surface area contributed by atoms with E-state index in [2.05, 4.69) is 56.1 Å². The molecule has 68 valence electrons. The van der Waals surface area contributed by atoms with Crippen LogP contribution in [0.4, 0.5) is 0 Å². The number of halogens is 2. The molecular formula is C11H10Br2. The molecule has 0 N–H and O–H groups in total. The highest BCUT2D eigenvalue weighted by Gasteiger charge is 2.48. The second-order valence-corrected chi connectivity index (χ2v) is 6.08. The Hall–Kier alpha value is 0.180. The molecule has 1 saturated carbocycles. The normalized spacial score (nSPS) is 40.8. The fourth-order valence-electron chi connectivity index (χ4n) is 2.76. The van der Waals surface area contributed by atoms with Gasteiger partial charge in [0.25, 0.3) is 0 Å². The Morgan fingerprint density at radius 2 is 1.38 bits per heavy atom. The van der Waals surface area contributed by atoms with Crippen molar-refractivity contribution in [2.45, 2.75) is 27.9 Å². The van der Waals surface area contributed by atoms with Gasteiger partial charge in [0.1, 0.15) is 0 Å². The number of alkyl halides is 2. The fraction of sp³-hybridized carbons (Fsp3) is 0.455. The van der Waals surface area contributed by atoms with Crippen molar-refractivity contribution in [1.29, 1.82) is 0 Å². The van der Waals surface area contributed by atoms with E-state index in [1.165, 1.54) is 6.42 Å². The molecule has 0 aliphatic heterocycles. The van der Waals surface area contributed by atoms with Gasteiger partial charge in [0.05, 0.1) is 0 Å². The molecule has 4 atom stereocenters. The fourth-order valence-corrected chi connectivity index (χ4v) is 4.50. The van der Waals surface area contributed by atoms with Crippen LogP contribution in [0.3, 0.4) is 0 Å². The molecule has 13 heavy (non-hydrogen) atoms. The Bertz CT molecular complexity index is 315. The summed E-state index contributed by atoms with van der Waals surface area (Å²) in [5.74, 6) is 1.48. The first-order valence-electron chi connectivity index (χ1n) is 4.66. The predicted molar refractivity (Wildman–Crippen MR) is 62.0 cm³/mol. The minimum absolute atomic E-state index is 0.632. The summed E-state index contributed by atoms with van der Waals surface area (Å²) in [6, 6.07) is 8.88. The van der Waals surface area contributed by atoms with E-state index in [0.717, 1.165) is 11.8 Å². The topological polar surface area (TPSA) is 0 Å². The molecule has 0 nitrogen and oxygen atoms in total. The van der Waals surface area contributed by atoms with Crippen LogP contribution in [0, 0.1) is 0 Å². The van der Waals surface area contributed by atoms with Crippen molar-refractivity contribution >= 4 is 31.9 Å². The molecule has 1 aromatic rings. The standard InChI is InChI=1S/C11H10Br2/c12-10-8-5-9(11(10)13)7-4-2-1-3-6(7)8/h1-4,8-11H,5H2/t8-,9-,10-,11+/m1/s1. The van der Waals surface area contributed by atoms with Crippen LogP contribution >= 0.6 is 31.9 Å². The van der Waals surface area contributed by atoms with Crippen LogP contribution in [0.25, 0.3) is 0 Å². The maximum absolute atomic E-state index is 3.78. The van der Waals surface area contributed by atoms with Gasteiger partial charge in [0.2, 0.25) is 0 Å². The molecule has 2 aliphatic carbocycles. The second-order valence-electron chi connectivity index (χ2n) is 3.97. The molecule has 0 unspecified atom stereocenters. The van der Waals surface area contributed by atoms with Crippen LogP contribution in [0.1, 0.15) is 29.4 Å². The van der Waals surface area contributed by atoms with E-state index in [1.54, 1.807) is 11.1 Å². The van der Waals surface area contributed by atoms with Crippen molar-refractivity contribution in [2.24, 2.45) is 0 Å². The summed E-state index contributed by atoms with van der Waals surface area (Å²) in [5, 5.41) is 0. The molecule has 0 spiro atoms.